The Morgan fingerprint density at radius 1 is 0.967 bits per heavy atom. The summed E-state index contributed by atoms with van der Waals surface area (Å²) in [7, 11) is 0. The van der Waals surface area contributed by atoms with Gasteiger partial charge in [-0.3, -0.25) is 0 Å². The number of anilines is 1. The fraction of sp³-hybridized carbons (Fsp3) is 0.269. The predicted molar refractivity (Wildman–Crippen MR) is 122 cm³/mol. The molecule has 0 N–H and O–H groups in total. The number of benzene rings is 3. The minimum atomic E-state index is -0.305. The Hall–Kier alpha value is -3.27. The minimum Gasteiger partial charge on any atom is -0.472 e. The van der Waals surface area contributed by atoms with E-state index in [1.807, 2.05) is 31.2 Å². The molecule has 0 atom stereocenters. The molecule has 4 heteroatoms. The van der Waals surface area contributed by atoms with Gasteiger partial charge >= 0.3 is 5.63 Å². The topological polar surface area (TPSA) is 42.7 Å². The van der Waals surface area contributed by atoms with Crippen LogP contribution in [0.25, 0.3) is 21.7 Å². The zero-order chi connectivity index (χ0) is 21.0. The third-order valence-corrected chi connectivity index (χ3v) is 6.10. The Kier molecular flexibility index (Phi) is 4.31. The van der Waals surface area contributed by atoms with Gasteiger partial charge in [0.15, 0.2) is 6.73 Å². The fourth-order valence-corrected chi connectivity index (χ4v) is 4.66. The maximum absolute atomic E-state index is 12.5. The molecule has 0 fully saturated rings. The van der Waals surface area contributed by atoms with Crippen molar-refractivity contribution >= 4 is 27.4 Å². The molecule has 4 aromatic rings. The van der Waals surface area contributed by atoms with Gasteiger partial charge < -0.3 is 14.1 Å². The fourth-order valence-electron chi connectivity index (χ4n) is 4.66. The smallest absolute Gasteiger partial charge is 0.344 e. The highest BCUT2D eigenvalue weighted by Gasteiger charge is 2.25. The Labute approximate surface area is 175 Å². The van der Waals surface area contributed by atoms with E-state index >= 15 is 0 Å². The van der Waals surface area contributed by atoms with Crippen LogP contribution in [0.5, 0.6) is 5.75 Å². The normalized spacial score (nSPS) is 13.7. The standard InChI is InChI=1S/C26H25NO3/c1-15(2)19-11-7-8-16(3)23(19)27-13-18-12-22-20-9-5-6-10-21(20)26(28)30-25(22)17(4)24(18)29-14-27/h5-12,15H,13-14H2,1-4H3. The van der Waals surface area contributed by atoms with Crippen molar-refractivity contribution < 1.29 is 9.15 Å². The number of rotatable bonds is 2. The molecule has 1 aliphatic rings. The third kappa shape index (κ3) is 2.78. The molecule has 30 heavy (non-hydrogen) atoms. The molecular formula is C26H25NO3. The van der Waals surface area contributed by atoms with Gasteiger partial charge in [0.2, 0.25) is 0 Å². The van der Waals surface area contributed by atoms with Crippen LogP contribution in [0.2, 0.25) is 0 Å². The van der Waals surface area contributed by atoms with Crippen LogP contribution in [0.4, 0.5) is 5.69 Å². The summed E-state index contributed by atoms with van der Waals surface area (Å²) in [5.41, 5.74) is 6.14. The van der Waals surface area contributed by atoms with Gasteiger partial charge in [-0.15, -0.1) is 0 Å². The van der Waals surface area contributed by atoms with Gasteiger partial charge in [-0.2, -0.15) is 0 Å². The van der Waals surface area contributed by atoms with E-state index in [1.165, 1.54) is 16.8 Å². The zero-order valence-corrected chi connectivity index (χ0v) is 17.8. The van der Waals surface area contributed by atoms with E-state index < -0.39 is 0 Å². The molecule has 0 spiro atoms. The van der Waals surface area contributed by atoms with E-state index in [0.29, 0.717) is 23.6 Å². The number of ether oxygens (including phenoxy) is 1. The maximum atomic E-state index is 12.5. The summed E-state index contributed by atoms with van der Waals surface area (Å²) in [6.45, 7) is 9.81. The van der Waals surface area contributed by atoms with Crippen molar-refractivity contribution in [3.05, 3.63) is 81.2 Å². The van der Waals surface area contributed by atoms with Crippen molar-refractivity contribution in [1.82, 2.24) is 0 Å². The Bertz CT molecular complexity index is 1350. The molecule has 0 aliphatic carbocycles. The molecule has 152 valence electrons. The molecule has 0 unspecified atom stereocenters. The van der Waals surface area contributed by atoms with Gasteiger partial charge in [0.1, 0.15) is 11.3 Å². The Morgan fingerprint density at radius 3 is 2.50 bits per heavy atom. The van der Waals surface area contributed by atoms with Crippen molar-refractivity contribution in [3.63, 3.8) is 0 Å². The number of nitrogens with zero attached hydrogens (tertiary/aromatic N) is 1. The van der Waals surface area contributed by atoms with Gasteiger partial charge in [0, 0.05) is 28.7 Å². The molecule has 0 saturated heterocycles. The number of hydrogen-bond donors (Lipinski definition) is 0. The monoisotopic (exact) mass is 399 g/mol. The molecule has 0 amide bonds. The van der Waals surface area contributed by atoms with Gasteiger partial charge in [-0.25, -0.2) is 4.79 Å². The first-order valence-corrected chi connectivity index (χ1v) is 10.4. The third-order valence-electron chi connectivity index (χ3n) is 6.10. The number of hydrogen-bond acceptors (Lipinski definition) is 4. The van der Waals surface area contributed by atoms with Crippen LogP contribution >= 0.6 is 0 Å². The second-order valence-electron chi connectivity index (χ2n) is 8.44. The highest BCUT2D eigenvalue weighted by Crippen LogP contribution is 2.40. The summed E-state index contributed by atoms with van der Waals surface area (Å²) in [6.07, 6.45) is 0. The summed E-state index contributed by atoms with van der Waals surface area (Å²) in [6, 6.07) is 16.2. The lowest BCUT2D eigenvalue weighted by atomic mass is 9.96. The summed E-state index contributed by atoms with van der Waals surface area (Å²) < 4.78 is 11.9. The van der Waals surface area contributed by atoms with Gasteiger partial charge in [0.25, 0.3) is 0 Å². The first-order chi connectivity index (χ1) is 14.5. The second kappa shape index (κ2) is 6.91. The lowest BCUT2D eigenvalue weighted by molar-refractivity contribution is 0.286. The lowest BCUT2D eigenvalue weighted by Gasteiger charge is -2.34. The van der Waals surface area contributed by atoms with E-state index in [-0.39, 0.29) is 5.63 Å². The van der Waals surface area contributed by atoms with Crippen molar-refractivity contribution in [2.75, 3.05) is 11.6 Å². The van der Waals surface area contributed by atoms with E-state index in [9.17, 15) is 4.79 Å². The minimum absolute atomic E-state index is 0.305. The van der Waals surface area contributed by atoms with Crippen molar-refractivity contribution in [3.8, 4) is 5.75 Å². The molecule has 1 aliphatic heterocycles. The molecule has 3 aromatic carbocycles. The van der Waals surface area contributed by atoms with E-state index in [4.69, 9.17) is 9.15 Å². The van der Waals surface area contributed by atoms with Crippen LogP contribution in [0, 0.1) is 13.8 Å². The zero-order valence-electron chi connectivity index (χ0n) is 17.8. The summed E-state index contributed by atoms with van der Waals surface area (Å²) >= 11 is 0. The van der Waals surface area contributed by atoms with Crippen LogP contribution < -0.4 is 15.3 Å². The first-order valence-electron chi connectivity index (χ1n) is 10.4. The largest absolute Gasteiger partial charge is 0.472 e. The SMILES string of the molecule is Cc1cccc(C(C)C)c1N1COc2c(cc3c(oc(=O)c4ccccc43)c2C)C1. The van der Waals surface area contributed by atoms with Crippen LogP contribution in [0.15, 0.2) is 57.7 Å². The van der Waals surface area contributed by atoms with Gasteiger partial charge in [-0.05, 0) is 48.4 Å². The Balaban J connectivity index is 1.70. The highest BCUT2D eigenvalue weighted by molar-refractivity contribution is 6.06. The molecule has 2 heterocycles. The van der Waals surface area contributed by atoms with Crippen LogP contribution in [-0.4, -0.2) is 6.73 Å². The molecule has 0 saturated carbocycles. The predicted octanol–water partition coefficient (Wildman–Crippen LogP) is 6.04. The van der Waals surface area contributed by atoms with Crippen LogP contribution in [0.1, 0.15) is 42.0 Å². The maximum Gasteiger partial charge on any atom is 0.344 e. The summed E-state index contributed by atoms with van der Waals surface area (Å²) in [5.74, 6) is 1.26. The van der Waals surface area contributed by atoms with Crippen LogP contribution in [-0.2, 0) is 6.54 Å². The molecule has 5 rings (SSSR count). The average molecular weight is 399 g/mol. The molecule has 4 nitrogen and oxygen atoms in total. The second-order valence-corrected chi connectivity index (χ2v) is 8.44. The van der Waals surface area contributed by atoms with Gasteiger partial charge in [0.05, 0.1) is 5.39 Å². The average Bonchev–Trinajstić information content (AvgIpc) is 2.74. The van der Waals surface area contributed by atoms with Crippen molar-refractivity contribution in [2.24, 2.45) is 0 Å². The van der Waals surface area contributed by atoms with E-state index in [0.717, 1.165) is 34.2 Å². The quantitative estimate of drug-likeness (QED) is 0.304. The summed E-state index contributed by atoms with van der Waals surface area (Å²) in [4.78, 5) is 14.8. The highest BCUT2D eigenvalue weighted by atomic mass is 16.5. The Morgan fingerprint density at radius 2 is 1.73 bits per heavy atom. The molecular weight excluding hydrogens is 374 g/mol. The van der Waals surface area contributed by atoms with Crippen LogP contribution in [0.3, 0.4) is 0 Å². The number of fused-ring (bicyclic) bond motifs is 4. The number of para-hydroxylation sites is 1. The summed E-state index contributed by atoms with van der Waals surface area (Å²) in [5, 5.41) is 2.49. The number of aryl methyl sites for hydroxylation is 2. The van der Waals surface area contributed by atoms with Crippen molar-refractivity contribution in [2.45, 2.75) is 40.2 Å². The first kappa shape index (κ1) is 18.7. The molecule has 1 aromatic heterocycles. The lowest BCUT2D eigenvalue weighted by Crippen LogP contribution is -2.33. The molecule has 0 bridgehead atoms. The van der Waals surface area contributed by atoms with E-state index in [2.05, 4.69) is 49.9 Å². The van der Waals surface area contributed by atoms with Crippen molar-refractivity contribution in [1.29, 1.82) is 0 Å². The molecule has 0 radical (unpaired) electrons. The van der Waals surface area contributed by atoms with E-state index in [1.54, 1.807) is 0 Å². The van der Waals surface area contributed by atoms with Gasteiger partial charge in [-0.1, -0.05) is 50.2 Å².